The summed E-state index contributed by atoms with van der Waals surface area (Å²) in [5.74, 6) is -0.257. The minimum absolute atomic E-state index is 0.00559. The van der Waals surface area contributed by atoms with Gasteiger partial charge in [-0.05, 0) is 31.2 Å². The van der Waals surface area contributed by atoms with Crippen LogP contribution < -0.4 is 5.32 Å². The van der Waals surface area contributed by atoms with Crippen LogP contribution in [0.1, 0.15) is 18.9 Å². The van der Waals surface area contributed by atoms with E-state index >= 15 is 0 Å². The Morgan fingerprint density at radius 3 is 2.29 bits per heavy atom. The van der Waals surface area contributed by atoms with Gasteiger partial charge < -0.3 is 10.4 Å². The highest BCUT2D eigenvalue weighted by molar-refractivity contribution is 5.25. The number of halogens is 1. The lowest BCUT2D eigenvalue weighted by molar-refractivity contribution is 0.164. The predicted octanol–water partition coefficient (Wildman–Crippen LogP) is 1.64. The summed E-state index contributed by atoms with van der Waals surface area (Å²) in [4.78, 5) is 0. The molecule has 0 fully saturated rings. The van der Waals surface area contributed by atoms with Crippen molar-refractivity contribution in [3.05, 3.63) is 35.6 Å². The highest BCUT2D eigenvalue weighted by Gasteiger charge is 2.27. The van der Waals surface area contributed by atoms with Gasteiger partial charge >= 0.3 is 0 Å². The summed E-state index contributed by atoms with van der Waals surface area (Å²) >= 11 is 0. The van der Waals surface area contributed by atoms with Gasteiger partial charge in [0.2, 0.25) is 0 Å². The van der Waals surface area contributed by atoms with Crippen LogP contribution in [0.5, 0.6) is 0 Å². The smallest absolute Gasteiger partial charge is 0.123 e. The molecule has 1 atom stereocenters. The Kier molecular flexibility index (Phi) is 3.61. The first-order valence-corrected chi connectivity index (χ1v) is 4.74. The molecule has 0 radical (unpaired) electrons. The minimum atomic E-state index is -0.451. The molecule has 0 aliphatic carbocycles. The van der Waals surface area contributed by atoms with E-state index in [0.717, 1.165) is 12.0 Å². The molecule has 3 heteroatoms. The molecule has 0 aromatic heterocycles. The van der Waals surface area contributed by atoms with Crippen molar-refractivity contribution in [1.29, 1.82) is 0 Å². The van der Waals surface area contributed by atoms with Gasteiger partial charge in [-0.25, -0.2) is 4.39 Å². The van der Waals surface area contributed by atoms with Gasteiger partial charge in [0.1, 0.15) is 5.82 Å². The number of aliphatic hydroxyl groups is 1. The van der Waals surface area contributed by atoms with E-state index in [1.165, 1.54) is 12.1 Å². The third kappa shape index (κ3) is 1.94. The van der Waals surface area contributed by atoms with Gasteiger partial charge in [-0.1, -0.05) is 19.1 Å². The van der Waals surface area contributed by atoms with Crippen molar-refractivity contribution in [2.24, 2.45) is 0 Å². The highest BCUT2D eigenvalue weighted by atomic mass is 19.1. The zero-order chi connectivity index (χ0) is 10.6. The SMILES string of the molecule is CCC(CO)(NC)c1ccc(F)cc1. The molecule has 0 saturated heterocycles. The minimum Gasteiger partial charge on any atom is -0.394 e. The Balaban J connectivity index is 3.05. The van der Waals surface area contributed by atoms with Gasteiger partial charge in [0.05, 0.1) is 12.1 Å². The molecule has 0 saturated carbocycles. The molecule has 2 nitrogen and oxygen atoms in total. The average Bonchev–Trinajstić information content (AvgIpc) is 2.24. The van der Waals surface area contributed by atoms with E-state index in [1.807, 2.05) is 6.92 Å². The Morgan fingerprint density at radius 1 is 1.36 bits per heavy atom. The van der Waals surface area contributed by atoms with Crippen LogP contribution in [0.2, 0.25) is 0 Å². The fraction of sp³-hybridized carbons (Fsp3) is 0.455. The summed E-state index contributed by atoms with van der Waals surface area (Å²) < 4.78 is 12.7. The first kappa shape index (κ1) is 11.1. The van der Waals surface area contributed by atoms with Crippen molar-refractivity contribution in [3.63, 3.8) is 0 Å². The maximum atomic E-state index is 12.7. The van der Waals surface area contributed by atoms with Gasteiger partial charge in [-0.3, -0.25) is 0 Å². The second-order valence-electron chi connectivity index (χ2n) is 3.35. The van der Waals surface area contributed by atoms with Crippen LogP contribution in [0.15, 0.2) is 24.3 Å². The van der Waals surface area contributed by atoms with E-state index in [4.69, 9.17) is 0 Å². The molecular weight excluding hydrogens is 181 g/mol. The van der Waals surface area contributed by atoms with Crippen LogP contribution in [-0.2, 0) is 5.54 Å². The van der Waals surface area contributed by atoms with E-state index in [0.29, 0.717) is 0 Å². The largest absolute Gasteiger partial charge is 0.394 e. The van der Waals surface area contributed by atoms with E-state index in [1.54, 1.807) is 19.2 Å². The normalized spacial score (nSPS) is 15.1. The quantitative estimate of drug-likeness (QED) is 0.769. The number of benzene rings is 1. The zero-order valence-electron chi connectivity index (χ0n) is 8.55. The fourth-order valence-corrected chi connectivity index (χ4v) is 1.58. The second kappa shape index (κ2) is 4.53. The van der Waals surface area contributed by atoms with Gasteiger partial charge in [-0.2, -0.15) is 0 Å². The number of aliphatic hydroxyl groups excluding tert-OH is 1. The maximum Gasteiger partial charge on any atom is 0.123 e. The Hall–Kier alpha value is -0.930. The first-order chi connectivity index (χ1) is 6.68. The lowest BCUT2D eigenvalue weighted by atomic mass is 9.88. The predicted molar refractivity (Wildman–Crippen MR) is 54.5 cm³/mol. The molecule has 1 aromatic carbocycles. The molecule has 0 amide bonds. The van der Waals surface area contributed by atoms with Crippen molar-refractivity contribution in [3.8, 4) is 0 Å². The number of hydrogen-bond donors (Lipinski definition) is 2. The second-order valence-corrected chi connectivity index (χ2v) is 3.35. The zero-order valence-corrected chi connectivity index (χ0v) is 8.55. The molecule has 0 heterocycles. The molecule has 0 spiro atoms. The molecular formula is C11H16FNO. The molecule has 1 rings (SSSR count). The topological polar surface area (TPSA) is 32.3 Å². The summed E-state index contributed by atoms with van der Waals surface area (Å²) in [6, 6.07) is 6.22. The summed E-state index contributed by atoms with van der Waals surface area (Å²) in [6.07, 6.45) is 0.756. The van der Waals surface area contributed by atoms with Crippen LogP contribution in [0.4, 0.5) is 4.39 Å². The van der Waals surface area contributed by atoms with Gasteiger partial charge in [-0.15, -0.1) is 0 Å². The molecule has 0 aliphatic heterocycles. The molecule has 1 aromatic rings. The van der Waals surface area contributed by atoms with Crippen molar-refractivity contribution in [2.75, 3.05) is 13.7 Å². The molecule has 78 valence electrons. The Morgan fingerprint density at radius 2 is 1.93 bits per heavy atom. The van der Waals surface area contributed by atoms with Crippen LogP contribution in [0.3, 0.4) is 0 Å². The highest BCUT2D eigenvalue weighted by Crippen LogP contribution is 2.23. The van der Waals surface area contributed by atoms with E-state index in [2.05, 4.69) is 5.32 Å². The molecule has 0 bridgehead atoms. The first-order valence-electron chi connectivity index (χ1n) is 4.74. The van der Waals surface area contributed by atoms with Crippen molar-refractivity contribution in [2.45, 2.75) is 18.9 Å². The lowest BCUT2D eigenvalue weighted by Crippen LogP contribution is -2.42. The average molecular weight is 197 g/mol. The molecule has 1 unspecified atom stereocenters. The van der Waals surface area contributed by atoms with Crippen LogP contribution in [0.25, 0.3) is 0 Å². The Bertz CT molecular complexity index is 272. The number of rotatable bonds is 4. The maximum absolute atomic E-state index is 12.7. The van der Waals surface area contributed by atoms with Crippen molar-refractivity contribution >= 4 is 0 Å². The lowest BCUT2D eigenvalue weighted by Gasteiger charge is -2.30. The standard InChI is InChI=1S/C11H16FNO/c1-3-11(8-14,13-2)9-4-6-10(12)7-5-9/h4-7,13-14H,3,8H2,1-2H3. The Labute approximate surface area is 83.8 Å². The van der Waals surface area contributed by atoms with Crippen LogP contribution in [-0.4, -0.2) is 18.8 Å². The summed E-state index contributed by atoms with van der Waals surface area (Å²) in [5, 5.41) is 12.4. The van der Waals surface area contributed by atoms with E-state index in [9.17, 15) is 9.50 Å². The van der Waals surface area contributed by atoms with E-state index in [-0.39, 0.29) is 12.4 Å². The van der Waals surface area contributed by atoms with Gasteiger partial charge in [0, 0.05) is 0 Å². The number of hydrogen-bond acceptors (Lipinski definition) is 2. The molecule has 14 heavy (non-hydrogen) atoms. The van der Waals surface area contributed by atoms with E-state index < -0.39 is 5.54 Å². The van der Waals surface area contributed by atoms with Gasteiger partial charge in [0.25, 0.3) is 0 Å². The molecule has 0 aliphatic rings. The monoisotopic (exact) mass is 197 g/mol. The summed E-state index contributed by atoms with van der Waals surface area (Å²) in [7, 11) is 1.79. The third-order valence-corrected chi connectivity index (χ3v) is 2.75. The number of nitrogens with one attached hydrogen (secondary N) is 1. The fourth-order valence-electron chi connectivity index (χ4n) is 1.58. The number of likely N-dealkylation sites (N-methyl/N-ethyl adjacent to an activating group) is 1. The van der Waals surface area contributed by atoms with Crippen molar-refractivity contribution < 1.29 is 9.50 Å². The van der Waals surface area contributed by atoms with Crippen LogP contribution in [0, 0.1) is 5.82 Å². The summed E-state index contributed by atoms with van der Waals surface area (Å²) in [6.45, 7) is 1.99. The van der Waals surface area contributed by atoms with Gasteiger partial charge in [0.15, 0.2) is 0 Å². The molecule has 2 N–H and O–H groups in total. The third-order valence-electron chi connectivity index (χ3n) is 2.75. The summed E-state index contributed by atoms with van der Waals surface area (Å²) in [5.41, 5.74) is 0.458. The van der Waals surface area contributed by atoms with Crippen LogP contribution >= 0.6 is 0 Å². The van der Waals surface area contributed by atoms with Crippen molar-refractivity contribution in [1.82, 2.24) is 5.32 Å².